The normalized spacial score (nSPS) is 12.0. The highest BCUT2D eigenvalue weighted by atomic mass is 16.6. The number of anilines is 1. The van der Waals surface area contributed by atoms with Gasteiger partial charge in [-0.15, -0.1) is 0 Å². The van der Waals surface area contributed by atoms with Gasteiger partial charge in [-0.1, -0.05) is 25.1 Å². The number of carbonyl (C=O) groups is 1. The SMILES string of the molecule is Cc1cccc(C)c1NC(=O)C(C)Cn1nc(C)c([N+](=O)[O-])c1C. The predicted octanol–water partition coefficient (Wildman–Crippen LogP) is 3.30. The average Bonchev–Trinajstić information content (AvgIpc) is 2.77. The molecule has 1 heterocycles. The minimum Gasteiger partial charge on any atom is -0.325 e. The first-order valence-electron chi connectivity index (χ1n) is 7.77. The molecule has 128 valence electrons. The van der Waals surface area contributed by atoms with Crippen molar-refractivity contribution in [3.63, 3.8) is 0 Å². The topological polar surface area (TPSA) is 90.1 Å². The molecule has 0 radical (unpaired) electrons. The third kappa shape index (κ3) is 3.45. The average molecular weight is 330 g/mol. The minimum absolute atomic E-state index is 0.0114. The maximum Gasteiger partial charge on any atom is 0.312 e. The Hall–Kier alpha value is -2.70. The Labute approximate surface area is 140 Å². The third-order valence-corrected chi connectivity index (χ3v) is 4.15. The lowest BCUT2D eigenvalue weighted by Crippen LogP contribution is -2.26. The van der Waals surface area contributed by atoms with Gasteiger partial charge in [-0.05, 0) is 38.8 Å². The Kier molecular flexibility index (Phi) is 5.02. The number of aryl methyl sites for hydroxylation is 3. The van der Waals surface area contributed by atoms with Crippen LogP contribution in [0.2, 0.25) is 0 Å². The molecule has 0 fully saturated rings. The van der Waals surface area contributed by atoms with Crippen molar-refractivity contribution < 1.29 is 9.72 Å². The molecule has 2 aromatic rings. The van der Waals surface area contributed by atoms with Crippen LogP contribution in [0.1, 0.15) is 29.4 Å². The van der Waals surface area contributed by atoms with Crippen LogP contribution < -0.4 is 5.32 Å². The fourth-order valence-electron chi connectivity index (χ4n) is 2.73. The summed E-state index contributed by atoms with van der Waals surface area (Å²) in [6.45, 7) is 9.20. The Bertz CT molecular complexity index is 775. The molecule has 0 aliphatic rings. The fourth-order valence-corrected chi connectivity index (χ4v) is 2.73. The Morgan fingerprint density at radius 3 is 2.38 bits per heavy atom. The molecule has 7 nitrogen and oxygen atoms in total. The smallest absolute Gasteiger partial charge is 0.312 e. The van der Waals surface area contributed by atoms with Gasteiger partial charge in [-0.3, -0.25) is 19.6 Å². The largest absolute Gasteiger partial charge is 0.325 e. The van der Waals surface area contributed by atoms with Gasteiger partial charge in [-0.25, -0.2) is 0 Å². The predicted molar refractivity (Wildman–Crippen MR) is 92.1 cm³/mol. The van der Waals surface area contributed by atoms with E-state index in [0.717, 1.165) is 16.8 Å². The van der Waals surface area contributed by atoms with E-state index >= 15 is 0 Å². The van der Waals surface area contributed by atoms with Gasteiger partial charge < -0.3 is 5.32 Å². The number of nitrogens with one attached hydrogen (secondary N) is 1. The highest BCUT2D eigenvalue weighted by molar-refractivity contribution is 5.93. The lowest BCUT2D eigenvalue weighted by Gasteiger charge is -2.16. The standard InChI is InChI=1S/C17H22N4O3/c1-10-7-6-8-11(2)15(10)18-17(22)12(3)9-20-14(5)16(21(23)24)13(4)19-20/h6-8,12H,9H2,1-5H3,(H,18,22). The van der Waals surface area contributed by atoms with Crippen LogP contribution >= 0.6 is 0 Å². The van der Waals surface area contributed by atoms with E-state index in [1.54, 1.807) is 20.8 Å². The molecule has 1 aromatic carbocycles. The second kappa shape index (κ2) is 6.82. The first-order chi connectivity index (χ1) is 11.2. The number of para-hydroxylation sites is 1. The Morgan fingerprint density at radius 2 is 1.88 bits per heavy atom. The summed E-state index contributed by atoms with van der Waals surface area (Å²) in [7, 11) is 0. The summed E-state index contributed by atoms with van der Waals surface area (Å²) in [5.74, 6) is -0.510. The fraction of sp³-hybridized carbons (Fsp3) is 0.412. The summed E-state index contributed by atoms with van der Waals surface area (Å²) in [6, 6.07) is 5.83. The van der Waals surface area contributed by atoms with Crippen molar-refractivity contribution >= 4 is 17.3 Å². The lowest BCUT2D eigenvalue weighted by atomic mass is 10.1. The van der Waals surface area contributed by atoms with Crippen LogP contribution in [-0.4, -0.2) is 20.6 Å². The van der Waals surface area contributed by atoms with Gasteiger partial charge in [-0.2, -0.15) is 5.10 Å². The van der Waals surface area contributed by atoms with Crippen LogP contribution in [0.4, 0.5) is 11.4 Å². The zero-order valence-corrected chi connectivity index (χ0v) is 14.6. The highest BCUT2D eigenvalue weighted by Gasteiger charge is 2.24. The number of hydrogen-bond acceptors (Lipinski definition) is 4. The van der Waals surface area contributed by atoms with Crippen molar-refractivity contribution in [1.82, 2.24) is 9.78 Å². The Balaban J connectivity index is 2.15. The van der Waals surface area contributed by atoms with Gasteiger partial charge in [0.15, 0.2) is 0 Å². The van der Waals surface area contributed by atoms with Crippen molar-refractivity contribution in [3.05, 3.63) is 50.8 Å². The number of amides is 1. The van der Waals surface area contributed by atoms with Gasteiger partial charge in [0.25, 0.3) is 0 Å². The van der Waals surface area contributed by atoms with Gasteiger partial charge in [0.1, 0.15) is 11.4 Å². The van der Waals surface area contributed by atoms with Crippen molar-refractivity contribution in [3.8, 4) is 0 Å². The second-order valence-electron chi connectivity index (χ2n) is 6.12. The molecule has 2 rings (SSSR count). The van der Waals surface area contributed by atoms with E-state index in [1.165, 1.54) is 4.68 Å². The number of hydrogen-bond donors (Lipinski definition) is 1. The molecule has 0 saturated carbocycles. The van der Waals surface area contributed by atoms with E-state index < -0.39 is 4.92 Å². The van der Waals surface area contributed by atoms with Crippen molar-refractivity contribution in [2.24, 2.45) is 5.92 Å². The maximum atomic E-state index is 12.5. The molecule has 1 N–H and O–H groups in total. The minimum atomic E-state index is -0.435. The zero-order valence-electron chi connectivity index (χ0n) is 14.6. The van der Waals surface area contributed by atoms with Crippen LogP contribution in [0.15, 0.2) is 18.2 Å². The van der Waals surface area contributed by atoms with Crippen molar-refractivity contribution in [2.75, 3.05) is 5.32 Å². The summed E-state index contributed by atoms with van der Waals surface area (Å²) < 4.78 is 1.53. The van der Waals surface area contributed by atoms with E-state index in [0.29, 0.717) is 11.4 Å². The maximum absolute atomic E-state index is 12.5. The van der Waals surface area contributed by atoms with Crippen molar-refractivity contribution in [1.29, 1.82) is 0 Å². The van der Waals surface area contributed by atoms with E-state index in [9.17, 15) is 14.9 Å². The highest BCUT2D eigenvalue weighted by Crippen LogP contribution is 2.24. The number of nitrogens with zero attached hydrogens (tertiary/aromatic N) is 3. The van der Waals surface area contributed by atoms with Gasteiger partial charge in [0.05, 0.1) is 17.4 Å². The second-order valence-corrected chi connectivity index (χ2v) is 6.12. The van der Waals surface area contributed by atoms with E-state index in [-0.39, 0.29) is 24.1 Å². The molecular weight excluding hydrogens is 308 g/mol. The molecule has 0 bridgehead atoms. The van der Waals surface area contributed by atoms with Gasteiger partial charge >= 0.3 is 5.69 Å². The number of rotatable bonds is 5. The zero-order chi connectivity index (χ0) is 18.0. The first-order valence-corrected chi connectivity index (χ1v) is 7.77. The molecule has 1 atom stereocenters. The molecule has 0 saturated heterocycles. The van der Waals surface area contributed by atoms with Crippen molar-refractivity contribution in [2.45, 2.75) is 41.2 Å². The van der Waals surface area contributed by atoms with Crippen LogP contribution in [0.3, 0.4) is 0 Å². The number of benzene rings is 1. The molecule has 0 aliphatic heterocycles. The molecule has 1 aromatic heterocycles. The van der Waals surface area contributed by atoms with E-state index in [1.807, 2.05) is 32.0 Å². The van der Waals surface area contributed by atoms with Crippen LogP contribution in [0.5, 0.6) is 0 Å². The molecule has 1 amide bonds. The number of carbonyl (C=O) groups excluding carboxylic acids is 1. The van der Waals surface area contributed by atoms with Crippen LogP contribution in [0, 0.1) is 43.7 Å². The van der Waals surface area contributed by atoms with E-state index in [2.05, 4.69) is 10.4 Å². The lowest BCUT2D eigenvalue weighted by molar-refractivity contribution is -0.386. The summed E-state index contributed by atoms with van der Waals surface area (Å²) in [5, 5.41) is 18.2. The van der Waals surface area contributed by atoms with Crippen LogP contribution in [0.25, 0.3) is 0 Å². The van der Waals surface area contributed by atoms with Gasteiger partial charge in [0.2, 0.25) is 5.91 Å². The van der Waals surface area contributed by atoms with Gasteiger partial charge in [0, 0.05) is 5.69 Å². The monoisotopic (exact) mass is 330 g/mol. The number of nitro groups is 1. The molecule has 7 heteroatoms. The third-order valence-electron chi connectivity index (χ3n) is 4.15. The molecule has 1 unspecified atom stereocenters. The number of aromatic nitrogens is 2. The summed E-state index contributed by atoms with van der Waals surface area (Å²) >= 11 is 0. The molecule has 0 spiro atoms. The summed E-state index contributed by atoms with van der Waals surface area (Å²) in [5.41, 5.74) is 3.64. The Morgan fingerprint density at radius 1 is 1.29 bits per heavy atom. The first kappa shape index (κ1) is 17.7. The van der Waals surface area contributed by atoms with E-state index in [4.69, 9.17) is 0 Å². The summed E-state index contributed by atoms with van der Waals surface area (Å²) in [4.78, 5) is 23.1. The molecule has 24 heavy (non-hydrogen) atoms. The summed E-state index contributed by atoms with van der Waals surface area (Å²) in [6.07, 6.45) is 0. The molecule has 0 aliphatic carbocycles. The molecular formula is C17H22N4O3. The quantitative estimate of drug-likeness (QED) is 0.673. The van der Waals surface area contributed by atoms with Crippen LogP contribution in [-0.2, 0) is 11.3 Å².